The van der Waals surface area contributed by atoms with Crippen LogP contribution in [0.2, 0.25) is 0 Å². The molecule has 0 unspecified atom stereocenters. The van der Waals surface area contributed by atoms with Gasteiger partial charge in [0.15, 0.2) is 6.33 Å². The fraction of sp³-hybridized carbons (Fsp3) is 0.0909. The van der Waals surface area contributed by atoms with Crippen LogP contribution < -0.4 is 0 Å². The maximum absolute atomic E-state index is 5.01. The molecule has 0 atom stereocenters. The number of hydrogen-bond acceptors (Lipinski definition) is 3. The lowest BCUT2D eigenvalue weighted by Crippen LogP contribution is -1.83. The number of aromatic nitrogens is 3. The molecule has 74 valence electrons. The van der Waals surface area contributed by atoms with Crippen LogP contribution in [0.4, 0.5) is 0 Å². The van der Waals surface area contributed by atoms with Crippen molar-refractivity contribution in [2.24, 2.45) is 7.05 Å². The summed E-state index contributed by atoms with van der Waals surface area (Å²) in [7, 11) is 2.02. The predicted molar refractivity (Wildman–Crippen MR) is 56.2 cm³/mol. The number of fused-ring (bicyclic) bond motifs is 1. The molecule has 15 heavy (non-hydrogen) atoms. The molecule has 0 fully saturated rings. The van der Waals surface area contributed by atoms with E-state index >= 15 is 0 Å². The molecule has 0 saturated heterocycles. The fourth-order valence-corrected chi connectivity index (χ4v) is 1.71. The normalized spacial score (nSPS) is 11.0. The van der Waals surface area contributed by atoms with Crippen molar-refractivity contribution in [2.75, 3.05) is 0 Å². The van der Waals surface area contributed by atoms with E-state index in [0.717, 1.165) is 5.56 Å². The summed E-state index contributed by atoms with van der Waals surface area (Å²) in [6.07, 6.45) is 3.44. The molecule has 0 aliphatic heterocycles. The Morgan fingerprint density at radius 3 is 3.00 bits per heavy atom. The van der Waals surface area contributed by atoms with Gasteiger partial charge in [0.05, 0.1) is 0 Å². The summed E-state index contributed by atoms with van der Waals surface area (Å²) < 4.78 is 7.08. The van der Waals surface area contributed by atoms with Crippen molar-refractivity contribution in [2.45, 2.75) is 0 Å². The SMILES string of the molecule is Cn1ccc2cc(-c3ncno3)ccc21. The minimum absolute atomic E-state index is 0.556. The van der Waals surface area contributed by atoms with Gasteiger partial charge >= 0.3 is 0 Å². The van der Waals surface area contributed by atoms with Gasteiger partial charge in [-0.2, -0.15) is 4.98 Å². The van der Waals surface area contributed by atoms with Crippen LogP contribution in [-0.4, -0.2) is 14.7 Å². The molecule has 0 saturated carbocycles. The summed E-state index contributed by atoms with van der Waals surface area (Å²) >= 11 is 0. The van der Waals surface area contributed by atoms with E-state index in [2.05, 4.69) is 26.8 Å². The van der Waals surface area contributed by atoms with Gasteiger partial charge in [0.2, 0.25) is 0 Å². The first-order valence-corrected chi connectivity index (χ1v) is 4.67. The topological polar surface area (TPSA) is 43.9 Å². The van der Waals surface area contributed by atoms with E-state index in [1.54, 1.807) is 0 Å². The Morgan fingerprint density at radius 2 is 2.20 bits per heavy atom. The molecule has 0 spiro atoms. The summed E-state index contributed by atoms with van der Waals surface area (Å²) in [5, 5.41) is 4.77. The van der Waals surface area contributed by atoms with Crippen molar-refractivity contribution in [1.82, 2.24) is 14.7 Å². The quantitative estimate of drug-likeness (QED) is 0.603. The molecule has 1 aromatic carbocycles. The first kappa shape index (κ1) is 8.23. The van der Waals surface area contributed by atoms with Crippen molar-refractivity contribution in [3.05, 3.63) is 36.8 Å². The van der Waals surface area contributed by atoms with Crippen molar-refractivity contribution in [3.63, 3.8) is 0 Å². The third-order valence-corrected chi connectivity index (χ3v) is 2.49. The van der Waals surface area contributed by atoms with Crippen molar-refractivity contribution in [3.8, 4) is 11.5 Å². The molecule has 0 radical (unpaired) electrons. The summed E-state index contributed by atoms with van der Waals surface area (Å²) in [5.41, 5.74) is 2.14. The molecule has 4 nitrogen and oxygen atoms in total. The maximum atomic E-state index is 5.01. The zero-order chi connectivity index (χ0) is 10.3. The summed E-state index contributed by atoms with van der Waals surface area (Å²) in [6, 6.07) is 8.14. The third kappa shape index (κ3) is 1.22. The second kappa shape index (κ2) is 2.95. The standard InChI is InChI=1S/C11H9N3O/c1-14-5-4-8-6-9(2-3-10(8)14)11-12-7-13-15-11/h2-7H,1H3. The average molecular weight is 199 g/mol. The number of nitrogens with zero attached hydrogens (tertiary/aromatic N) is 3. The van der Waals surface area contributed by atoms with Crippen LogP contribution >= 0.6 is 0 Å². The maximum Gasteiger partial charge on any atom is 0.257 e. The molecule has 4 heteroatoms. The van der Waals surface area contributed by atoms with E-state index in [1.807, 2.05) is 25.4 Å². The highest BCUT2D eigenvalue weighted by Gasteiger charge is 2.05. The van der Waals surface area contributed by atoms with E-state index in [9.17, 15) is 0 Å². The van der Waals surface area contributed by atoms with Gasteiger partial charge in [-0.05, 0) is 24.3 Å². The number of hydrogen-bond donors (Lipinski definition) is 0. The second-order valence-electron chi connectivity index (χ2n) is 3.45. The summed E-state index contributed by atoms with van der Waals surface area (Å²) in [6.45, 7) is 0. The van der Waals surface area contributed by atoms with E-state index in [4.69, 9.17) is 4.52 Å². The molecule has 0 aliphatic rings. The second-order valence-corrected chi connectivity index (χ2v) is 3.45. The lowest BCUT2D eigenvalue weighted by Gasteiger charge is -1.97. The highest BCUT2D eigenvalue weighted by atomic mass is 16.5. The van der Waals surface area contributed by atoms with Gasteiger partial charge in [-0.15, -0.1) is 0 Å². The first-order chi connectivity index (χ1) is 7.34. The first-order valence-electron chi connectivity index (χ1n) is 4.67. The largest absolute Gasteiger partial charge is 0.351 e. The molecule has 3 aromatic rings. The van der Waals surface area contributed by atoms with Crippen LogP contribution in [-0.2, 0) is 7.05 Å². The smallest absolute Gasteiger partial charge is 0.257 e. The Kier molecular flexibility index (Phi) is 1.62. The molecule has 0 amide bonds. The van der Waals surface area contributed by atoms with Crippen LogP contribution in [0.15, 0.2) is 41.3 Å². The Bertz CT molecular complexity index is 595. The number of rotatable bonds is 1. The van der Waals surface area contributed by atoms with Crippen molar-refractivity contribution in [1.29, 1.82) is 0 Å². The minimum Gasteiger partial charge on any atom is -0.351 e. The lowest BCUT2D eigenvalue weighted by molar-refractivity contribution is 0.430. The molecular formula is C11H9N3O. The van der Waals surface area contributed by atoms with Crippen LogP contribution in [0.1, 0.15) is 0 Å². The fourth-order valence-electron chi connectivity index (χ4n) is 1.71. The Balaban J connectivity index is 2.23. The molecule has 0 N–H and O–H groups in total. The van der Waals surface area contributed by atoms with Crippen LogP contribution in [0.5, 0.6) is 0 Å². The van der Waals surface area contributed by atoms with Crippen LogP contribution in [0.3, 0.4) is 0 Å². The predicted octanol–water partition coefficient (Wildman–Crippen LogP) is 2.23. The number of benzene rings is 1. The number of aryl methyl sites for hydroxylation is 1. The average Bonchev–Trinajstić information content (AvgIpc) is 2.88. The van der Waals surface area contributed by atoms with E-state index < -0.39 is 0 Å². The van der Waals surface area contributed by atoms with Gasteiger partial charge in [-0.25, -0.2) is 0 Å². The molecule has 0 aliphatic carbocycles. The van der Waals surface area contributed by atoms with Crippen molar-refractivity contribution < 1.29 is 4.52 Å². The van der Waals surface area contributed by atoms with Crippen LogP contribution in [0.25, 0.3) is 22.4 Å². The molecule has 2 heterocycles. The third-order valence-electron chi connectivity index (χ3n) is 2.49. The Hall–Kier alpha value is -2.10. The molecule has 2 aromatic heterocycles. The monoisotopic (exact) mass is 199 g/mol. The Morgan fingerprint density at radius 1 is 1.27 bits per heavy atom. The summed E-state index contributed by atoms with van der Waals surface area (Å²) in [4.78, 5) is 4.02. The van der Waals surface area contributed by atoms with E-state index in [-0.39, 0.29) is 0 Å². The molecule has 0 bridgehead atoms. The summed E-state index contributed by atoms with van der Waals surface area (Å²) in [5.74, 6) is 0.556. The van der Waals surface area contributed by atoms with Gasteiger partial charge in [0.25, 0.3) is 5.89 Å². The Labute approximate surface area is 86.1 Å². The van der Waals surface area contributed by atoms with Gasteiger partial charge in [-0.1, -0.05) is 5.16 Å². The highest BCUT2D eigenvalue weighted by molar-refractivity contribution is 5.84. The minimum atomic E-state index is 0.556. The lowest BCUT2D eigenvalue weighted by atomic mass is 10.1. The van der Waals surface area contributed by atoms with E-state index in [0.29, 0.717) is 5.89 Å². The van der Waals surface area contributed by atoms with Gasteiger partial charge < -0.3 is 9.09 Å². The zero-order valence-corrected chi connectivity index (χ0v) is 8.21. The zero-order valence-electron chi connectivity index (χ0n) is 8.21. The van der Waals surface area contributed by atoms with E-state index in [1.165, 1.54) is 17.2 Å². The van der Waals surface area contributed by atoms with Gasteiger partial charge in [-0.3, -0.25) is 0 Å². The van der Waals surface area contributed by atoms with Crippen LogP contribution in [0, 0.1) is 0 Å². The van der Waals surface area contributed by atoms with Gasteiger partial charge in [0.1, 0.15) is 0 Å². The van der Waals surface area contributed by atoms with Gasteiger partial charge in [0, 0.05) is 29.7 Å². The molecule has 3 rings (SSSR count). The molecular weight excluding hydrogens is 190 g/mol. The van der Waals surface area contributed by atoms with Crippen molar-refractivity contribution >= 4 is 10.9 Å². The highest BCUT2D eigenvalue weighted by Crippen LogP contribution is 2.22.